The summed E-state index contributed by atoms with van der Waals surface area (Å²) >= 11 is 12.8. The topological polar surface area (TPSA) is 49.4 Å². The summed E-state index contributed by atoms with van der Waals surface area (Å²) in [7, 11) is 0. The third kappa shape index (κ3) is 8.02. The Labute approximate surface area is 215 Å². The maximum absolute atomic E-state index is 13.5. The zero-order chi connectivity index (χ0) is 25.5. The van der Waals surface area contributed by atoms with Crippen molar-refractivity contribution in [3.05, 3.63) is 69.2 Å². The van der Waals surface area contributed by atoms with Gasteiger partial charge in [-0.3, -0.25) is 9.59 Å². The predicted octanol–water partition coefficient (Wildman–Crippen LogP) is 6.80. The molecule has 0 heterocycles. The van der Waals surface area contributed by atoms with Gasteiger partial charge in [-0.15, -0.1) is 0 Å². The van der Waals surface area contributed by atoms with E-state index in [0.29, 0.717) is 47.3 Å². The van der Waals surface area contributed by atoms with Crippen molar-refractivity contribution in [2.45, 2.75) is 78.8 Å². The smallest absolute Gasteiger partial charge is 0.242 e. The molecular weight excluding hydrogens is 467 g/mol. The maximum atomic E-state index is 13.5. The van der Waals surface area contributed by atoms with Crippen molar-refractivity contribution < 1.29 is 9.59 Å². The van der Waals surface area contributed by atoms with Gasteiger partial charge in [0, 0.05) is 35.1 Å². The predicted molar refractivity (Wildman–Crippen MR) is 142 cm³/mol. The Morgan fingerprint density at radius 2 is 1.59 bits per heavy atom. The molecular formula is C28H38Cl2N2O2. The van der Waals surface area contributed by atoms with Gasteiger partial charge in [-0.05, 0) is 47.4 Å². The number of hydrogen-bond acceptors (Lipinski definition) is 2. The number of halogens is 2. The van der Waals surface area contributed by atoms with Crippen molar-refractivity contribution in [3.8, 4) is 0 Å². The van der Waals surface area contributed by atoms with E-state index in [9.17, 15) is 9.59 Å². The second-order valence-electron chi connectivity index (χ2n) is 10.2. The summed E-state index contributed by atoms with van der Waals surface area (Å²) in [5.74, 6) is 0.0735. The Balaban J connectivity index is 2.24. The van der Waals surface area contributed by atoms with Crippen LogP contribution < -0.4 is 5.32 Å². The van der Waals surface area contributed by atoms with E-state index in [-0.39, 0.29) is 23.8 Å². The average molecular weight is 506 g/mol. The Hall–Kier alpha value is -2.04. The van der Waals surface area contributed by atoms with Crippen molar-refractivity contribution in [2.75, 3.05) is 6.54 Å². The van der Waals surface area contributed by atoms with E-state index in [2.05, 4.69) is 50.4 Å². The Bertz CT molecular complexity index is 945. The number of carbonyl (C=O) groups excluding carboxylic acids is 2. The minimum absolute atomic E-state index is 0.0804. The van der Waals surface area contributed by atoms with Crippen molar-refractivity contribution in [2.24, 2.45) is 5.92 Å². The van der Waals surface area contributed by atoms with Crippen LogP contribution in [0, 0.1) is 5.92 Å². The lowest BCUT2D eigenvalue weighted by molar-refractivity contribution is -0.141. The molecule has 2 aromatic carbocycles. The molecule has 1 atom stereocenters. The molecule has 1 N–H and O–H groups in total. The molecule has 2 aromatic rings. The first-order valence-electron chi connectivity index (χ1n) is 12.0. The zero-order valence-corrected chi connectivity index (χ0v) is 22.8. The van der Waals surface area contributed by atoms with E-state index in [4.69, 9.17) is 23.2 Å². The van der Waals surface area contributed by atoms with Crippen LogP contribution in [-0.2, 0) is 28.0 Å². The highest BCUT2D eigenvalue weighted by atomic mass is 35.5. The molecule has 0 radical (unpaired) electrons. The van der Waals surface area contributed by atoms with Crippen LogP contribution >= 0.6 is 23.2 Å². The second-order valence-corrected chi connectivity index (χ2v) is 11.0. The van der Waals surface area contributed by atoms with E-state index in [0.717, 1.165) is 5.56 Å². The van der Waals surface area contributed by atoms with Gasteiger partial charge in [-0.1, -0.05) is 95.1 Å². The van der Waals surface area contributed by atoms with Crippen LogP contribution in [0.15, 0.2) is 42.5 Å². The molecule has 0 aromatic heterocycles. The summed E-state index contributed by atoms with van der Waals surface area (Å²) in [6.07, 6.45) is 1.39. The van der Waals surface area contributed by atoms with E-state index < -0.39 is 6.04 Å². The lowest BCUT2D eigenvalue weighted by atomic mass is 9.86. The molecule has 0 unspecified atom stereocenters. The highest BCUT2D eigenvalue weighted by Crippen LogP contribution is 2.28. The van der Waals surface area contributed by atoms with Gasteiger partial charge in [-0.25, -0.2) is 0 Å². The van der Waals surface area contributed by atoms with Gasteiger partial charge in [0.05, 0.1) is 0 Å². The Morgan fingerprint density at radius 1 is 1.00 bits per heavy atom. The minimum atomic E-state index is -0.596. The lowest BCUT2D eigenvalue weighted by Gasteiger charge is -2.31. The first kappa shape index (κ1) is 28.2. The van der Waals surface area contributed by atoms with Crippen LogP contribution in [-0.4, -0.2) is 29.3 Å². The fourth-order valence-corrected chi connectivity index (χ4v) is 4.28. The SMILES string of the molecule is CC[C@@H](C(=O)NCC(C)C)N(Cc1c(Cl)cccc1Cl)C(=O)CCc1ccc(C(C)(C)C)cc1. The Morgan fingerprint density at radius 3 is 2.09 bits per heavy atom. The molecule has 34 heavy (non-hydrogen) atoms. The van der Waals surface area contributed by atoms with E-state index in [1.54, 1.807) is 23.1 Å². The van der Waals surface area contributed by atoms with Gasteiger partial charge in [0.1, 0.15) is 6.04 Å². The van der Waals surface area contributed by atoms with Crippen molar-refractivity contribution in [1.82, 2.24) is 10.2 Å². The molecule has 2 rings (SSSR count). The summed E-state index contributed by atoms with van der Waals surface area (Å²) in [6, 6.07) is 13.1. The van der Waals surface area contributed by atoms with Crippen LogP contribution in [0.2, 0.25) is 10.0 Å². The third-order valence-corrected chi connectivity index (χ3v) is 6.62. The van der Waals surface area contributed by atoms with Crippen LogP contribution in [0.3, 0.4) is 0 Å². The van der Waals surface area contributed by atoms with Crippen LogP contribution in [0.4, 0.5) is 0 Å². The molecule has 2 amide bonds. The molecule has 6 heteroatoms. The van der Waals surface area contributed by atoms with Gasteiger partial charge >= 0.3 is 0 Å². The summed E-state index contributed by atoms with van der Waals surface area (Å²) in [5, 5.41) is 3.95. The first-order chi connectivity index (χ1) is 15.9. The molecule has 186 valence electrons. The van der Waals surface area contributed by atoms with E-state index >= 15 is 0 Å². The monoisotopic (exact) mass is 504 g/mol. The fourth-order valence-electron chi connectivity index (χ4n) is 3.76. The van der Waals surface area contributed by atoms with Crippen molar-refractivity contribution in [1.29, 1.82) is 0 Å². The van der Waals surface area contributed by atoms with Crippen molar-refractivity contribution in [3.63, 3.8) is 0 Å². The zero-order valence-electron chi connectivity index (χ0n) is 21.3. The average Bonchev–Trinajstić information content (AvgIpc) is 2.77. The number of hydrogen-bond donors (Lipinski definition) is 1. The summed E-state index contributed by atoms with van der Waals surface area (Å²) < 4.78 is 0. The molecule has 0 aliphatic heterocycles. The number of nitrogens with one attached hydrogen (secondary N) is 1. The minimum Gasteiger partial charge on any atom is -0.354 e. The van der Waals surface area contributed by atoms with Crippen LogP contribution in [0.1, 0.15) is 71.1 Å². The highest BCUT2D eigenvalue weighted by Gasteiger charge is 2.29. The van der Waals surface area contributed by atoms with Gasteiger partial charge in [0.2, 0.25) is 11.8 Å². The normalized spacial score (nSPS) is 12.5. The molecule has 0 aliphatic carbocycles. The largest absolute Gasteiger partial charge is 0.354 e. The summed E-state index contributed by atoms with van der Waals surface area (Å²) in [6.45, 7) is 13.3. The van der Waals surface area contributed by atoms with Gasteiger partial charge in [-0.2, -0.15) is 0 Å². The van der Waals surface area contributed by atoms with E-state index in [1.165, 1.54) is 5.56 Å². The highest BCUT2D eigenvalue weighted by molar-refractivity contribution is 6.36. The van der Waals surface area contributed by atoms with E-state index in [1.807, 2.05) is 20.8 Å². The molecule has 4 nitrogen and oxygen atoms in total. The van der Waals surface area contributed by atoms with Gasteiger partial charge < -0.3 is 10.2 Å². The number of benzene rings is 2. The number of nitrogens with zero attached hydrogens (tertiary/aromatic N) is 1. The lowest BCUT2D eigenvalue weighted by Crippen LogP contribution is -2.49. The Kier molecular flexibility index (Phi) is 10.5. The number of carbonyl (C=O) groups is 2. The van der Waals surface area contributed by atoms with Gasteiger partial charge in [0.25, 0.3) is 0 Å². The van der Waals surface area contributed by atoms with Crippen molar-refractivity contribution >= 4 is 35.0 Å². The number of rotatable bonds is 10. The second kappa shape index (κ2) is 12.6. The summed E-state index contributed by atoms with van der Waals surface area (Å²) in [5.41, 5.74) is 3.08. The fraction of sp³-hybridized carbons (Fsp3) is 0.500. The molecule has 0 saturated carbocycles. The van der Waals surface area contributed by atoms with Crippen LogP contribution in [0.5, 0.6) is 0 Å². The molecule has 0 aliphatic rings. The number of aryl methyl sites for hydroxylation is 1. The van der Waals surface area contributed by atoms with Gasteiger partial charge in [0.15, 0.2) is 0 Å². The third-order valence-electron chi connectivity index (χ3n) is 5.91. The van der Waals surface area contributed by atoms with Crippen LogP contribution in [0.25, 0.3) is 0 Å². The quantitative estimate of drug-likeness (QED) is 0.386. The maximum Gasteiger partial charge on any atom is 0.242 e. The molecule has 0 spiro atoms. The standard InChI is InChI=1S/C28H38Cl2N2O2/c1-7-25(27(34)31-17-19(2)3)32(18-22-23(29)9-8-10-24(22)30)26(33)16-13-20-11-14-21(15-12-20)28(4,5)6/h8-12,14-15,19,25H,7,13,16-18H2,1-6H3,(H,31,34)/t25-/m0/s1. The molecule has 0 fully saturated rings. The first-order valence-corrected chi connectivity index (χ1v) is 12.8. The molecule has 0 saturated heterocycles. The molecule has 0 bridgehead atoms. The summed E-state index contributed by atoms with van der Waals surface area (Å²) in [4.78, 5) is 28.1. The number of amides is 2.